The van der Waals surface area contributed by atoms with Crippen molar-refractivity contribution in [2.24, 2.45) is 0 Å². The van der Waals surface area contributed by atoms with Crippen molar-refractivity contribution in [1.82, 2.24) is 15.8 Å². The fourth-order valence-electron chi connectivity index (χ4n) is 3.70. The fraction of sp³-hybridized carbons (Fsp3) is 0.435. The number of hydrazine groups is 1. The highest BCUT2D eigenvalue weighted by atomic mass is 19.1. The third-order valence-electron chi connectivity index (χ3n) is 5.36. The van der Waals surface area contributed by atoms with Crippen LogP contribution in [0.15, 0.2) is 42.5 Å². The van der Waals surface area contributed by atoms with Crippen LogP contribution in [0, 0.1) is 5.82 Å². The maximum Gasteiger partial charge on any atom is 0.253 e. The lowest BCUT2D eigenvalue weighted by atomic mass is 9.99. The Morgan fingerprint density at radius 3 is 2.63 bits per heavy atom. The van der Waals surface area contributed by atoms with Crippen molar-refractivity contribution in [2.45, 2.75) is 38.3 Å². The smallest absolute Gasteiger partial charge is 0.253 e. The van der Waals surface area contributed by atoms with E-state index >= 15 is 0 Å². The third kappa shape index (κ3) is 5.49. The predicted octanol–water partition coefficient (Wildman–Crippen LogP) is 3.69. The molecule has 2 aromatic rings. The molecule has 1 fully saturated rings. The summed E-state index contributed by atoms with van der Waals surface area (Å²) in [5.41, 5.74) is 8.24. The zero-order chi connectivity index (χ0) is 21.5. The average molecular weight is 416 g/mol. The van der Waals surface area contributed by atoms with Crippen LogP contribution in [-0.4, -0.2) is 44.2 Å². The number of nitrogens with zero attached hydrogens (tertiary/aromatic N) is 1. The van der Waals surface area contributed by atoms with Gasteiger partial charge in [0.25, 0.3) is 5.91 Å². The van der Waals surface area contributed by atoms with Crippen LogP contribution in [0.4, 0.5) is 4.39 Å². The highest BCUT2D eigenvalue weighted by molar-refractivity contribution is 5.94. The van der Waals surface area contributed by atoms with Crippen LogP contribution < -0.4 is 20.3 Å². The molecule has 1 saturated heterocycles. The number of nitrogens with one attached hydrogen (secondary N) is 2. The molecule has 0 spiro atoms. The molecule has 0 bridgehead atoms. The van der Waals surface area contributed by atoms with Gasteiger partial charge in [-0.3, -0.25) is 15.6 Å². The van der Waals surface area contributed by atoms with Crippen molar-refractivity contribution in [1.29, 1.82) is 0 Å². The molecule has 0 saturated carbocycles. The maximum absolute atomic E-state index is 13.1. The molecule has 2 unspecified atom stereocenters. The lowest BCUT2D eigenvalue weighted by Gasteiger charge is -2.19. The Labute approximate surface area is 177 Å². The van der Waals surface area contributed by atoms with Gasteiger partial charge < -0.3 is 14.4 Å². The highest BCUT2D eigenvalue weighted by Crippen LogP contribution is 2.28. The number of halogens is 1. The Hall–Kier alpha value is -2.64. The van der Waals surface area contributed by atoms with Crippen molar-refractivity contribution < 1.29 is 18.7 Å². The number of amides is 1. The van der Waals surface area contributed by atoms with Gasteiger partial charge in [0.05, 0.1) is 13.7 Å². The number of hydrogen-bond donors (Lipinski definition) is 2. The van der Waals surface area contributed by atoms with Crippen molar-refractivity contribution in [2.75, 3.05) is 27.3 Å². The van der Waals surface area contributed by atoms with Crippen LogP contribution in [0.1, 0.15) is 48.1 Å². The van der Waals surface area contributed by atoms with E-state index in [0.717, 1.165) is 24.8 Å². The monoisotopic (exact) mass is 415 g/mol. The lowest BCUT2D eigenvalue weighted by molar-refractivity contribution is 0.0791. The van der Waals surface area contributed by atoms with Crippen LogP contribution in [0.2, 0.25) is 0 Å². The average Bonchev–Trinajstić information content (AvgIpc) is 3.23. The summed E-state index contributed by atoms with van der Waals surface area (Å²) in [6.45, 7) is 3.10. The molecule has 0 radical (unpaired) electrons. The molecule has 1 heterocycles. The summed E-state index contributed by atoms with van der Waals surface area (Å²) in [6, 6.07) is 12.3. The van der Waals surface area contributed by atoms with Gasteiger partial charge in [0.15, 0.2) is 11.5 Å². The summed E-state index contributed by atoms with van der Waals surface area (Å²) in [5, 5.41) is 0. The van der Waals surface area contributed by atoms with E-state index in [4.69, 9.17) is 9.47 Å². The van der Waals surface area contributed by atoms with E-state index in [0.29, 0.717) is 36.3 Å². The molecule has 2 atom stereocenters. The number of carbonyl (C=O) groups excluding carboxylic acids is 1. The Kier molecular flexibility index (Phi) is 7.65. The Morgan fingerprint density at radius 1 is 1.17 bits per heavy atom. The Bertz CT molecular complexity index is 844. The van der Waals surface area contributed by atoms with Crippen LogP contribution in [-0.2, 0) is 0 Å². The molecule has 162 valence electrons. The van der Waals surface area contributed by atoms with Gasteiger partial charge in [-0.1, -0.05) is 12.1 Å². The minimum atomic E-state index is -0.223. The molecule has 3 rings (SSSR count). The van der Waals surface area contributed by atoms with Crippen molar-refractivity contribution in [3.8, 4) is 11.5 Å². The van der Waals surface area contributed by atoms with Gasteiger partial charge in [0.1, 0.15) is 5.82 Å². The largest absolute Gasteiger partial charge is 0.493 e. The zero-order valence-electron chi connectivity index (χ0n) is 17.8. The molecular formula is C23H30FN3O3. The summed E-state index contributed by atoms with van der Waals surface area (Å²) < 4.78 is 23.9. The van der Waals surface area contributed by atoms with Gasteiger partial charge in [0, 0.05) is 31.2 Å². The van der Waals surface area contributed by atoms with E-state index < -0.39 is 0 Å². The summed E-state index contributed by atoms with van der Waals surface area (Å²) in [5.74, 6) is 0.927. The van der Waals surface area contributed by atoms with Gasteiger partial charge in [0.2, 0.25) is 0 Å². The standard InChI is InChI=1S/C23H30FN3O3/c1-4-30-21-12-9-17(14-22(21)29-3)23(28)27(2)13-5-6-19-15-20(26-25-19)16-7-10-18(24)11-8-16/h7-12,14,19-20,25-26H,4-6,13,15H2,1-3H3. The van der Waals surface area contributed by atoms with E-state index in [9.17, 15) is 9.18 Å². The summed E-state index contributed by atoms with van der Waals surface area (Å²) >= 11 is 0. The number of benzene rings is 2. The zero-order valence-corrected chi connectivity index (χ0v) is 17.8. The second kappa shape index (κ2) is 10.4. The Morgan fingerprint density at radius 2 is 1.93 bits per heavy atom. The molecule has 0 aromatic heterocycles. The van der Waals surface area contributed by atoms with Gasteiger partial charge in [-0.25, -0.2) is 4.39 Å². The molecular weight excluding hydrogens is 385 g/mol. The topological polar surface area (TPSA) is 62.8 Å². The summed E-state index contributed by atoms with van der Waals surface area (Å²) in [6.07, 6.45) is 2.75. The van der Waals surface area contributed by atoms with Crippen LogP contribution in [0.5, 0.6) is 11.5 Å². The summed E-state index contributed by atoms with van der Waals surface area (Å²) in [4.78, 5) is 14.5. The predicted molar refractivity (Wildman–Crippen MR) is 114 cm³/mol. The second-order valence-electron chi connectivity index (χ2n) is 7.49. The van der Waals surface area contributed by atoms with E-state index in [2.05, 4.69) is 10.9 Å². The number of rotatable bonds is 9. The first-order chi connectivity index (χ1) is 14.5. The van der Waals surface area contributed by atoms with Gasteiger partial charge >= 0.3 is 0 Å². The molecule has 2 N–H and O–H groups in total. The normalized spacial score (nSPS) is 18.3. The molecule has 1 aliphatic rings. The van der Waals surface area contributed by atoms with Gasteiger partial charge in [-0.2, -0.15) is 0 Å². The highest BCUT2D eigenvalue weighted by Gasteiger charge is 2.25. The minimum Gasteiger partial charge on any atom is -0.493 e. The molecule has 1 aliphatic heterocycles. The first-order valence-corrected chi connectivity index (χ1v) is 10.3. The minimum absolute atomic E-state index is 0.0435. The van der Waals surface area contributed by atoms with Crippen molar-refractivity contribution in [3.63, 3.8) is 0 Å². The first-order valence-electron chi connectivity index (χ1n) is 10.3. The maximum atomic E-state index is 13.1. The molecule has 7 heteroatoms. The number of hydrogen-bond acceptors (Lipinski definition) is 5. The van der Waals surface area contributed by atoms with E-state index in [1.807, 2.05) is 26.1 Å². The van der Waals surface area contributed by atoms with E-state index in [1.165, 1.54) is 12.1 Å². The van der Waals surface area contributed by atoms with Gasteiger partial charge in [-0.15, -0.1) is 0 Å². The molecule has 2 aromatic carbocycles. The van der Waals surface area contributed by atoms with E-state index in [-0.39, 0.29) is 17.8 Å². The molecule has 6 nitrogen and oxygen atoms in total. The van der Waals surface area contributed by atoms with Crippen LogP contribution in [0.3, 0.4) is 0 Å². The van der Waals surface area contributed by atoms with Crippen molar-refractivity contribution in [3.05, 3.63) is 59.4 Å². The lowest BCUT2D eigenvalue weighted by Crippen LogP contribution is -2.32. The first kappa shape index (κ1) is 22.1. The second-order valence-corrected chi connectivity index (χ2v) is 7.49. The van der Waals surface area contributed by atoms with Crippen molar-refractivity contribution >= 4 is 5.91 Å². The number of carbonyl (C=O) groups is 1. The molecule has 30 heavy (non-hydrogen) atoms. The number of methoxy groups -OCH3 is 1. The van der Waals surface area contributed by atoms with Crippen LogP contribution >= 0.6 is 0 Å². The molecule has 0 aliphatic carbocycles. The Balaban J connectivity index is 1.47. The SMILES string of the molecule is CCOc1ccc(C(=O)N(C)CCCC2CC(c3ccc(F)cc3)NN2)cc1OC. The van der Waals surface area contributed by atoms with Gasteiger partial charge in [-0.05, 0) is 62.1 Å². The fourth-order valence-corrected chi connectivity index (χ4v) is 3.70. The number of ether oxygens (including phenoxy) is 2. The third-order valence-corrected chi connectivity index (χ3v) is 5.36. The molecule has 1 amide bonds. The van der Waals surface area contributed by atoms with E-state index in [1.54, 1.807) is 30.2 Å². The quantitative estimate of drug-likeness (QED) is 0.654. The van der Waals surface area contributed by atoms with Crippen LogP contribution in [0.25, 0.3) is 0 Å². The summed E-state index contributed by atoms with van der Waals surface area (Å²) in [7, 11) is 3.38.